The number of benzene rings is 2. The predicted molar refractivity (Wildman–Crippen MR) is 107 cm³/mol. The van der Waals surface area contributed by atoms with E-state index in [1.54, 1.807) is 25.1 Å². The Kier molecular flexibility index (Phi) is 5.40. The monoisotopic (exact) mass is 386 g/mol. The van der Waals surface area contributed by atoms with Crippen LogP contribution in [-0.2, 0) is 20.2 Å². The topological polar surface area (TPSA) is 66.5 Å². The van der Waals surface area contributed by atoms with Crippen LogP contribution in [-0.4, -0.2) is 31.7 Å². The molecule has 0 aliphatic heterocycles. The summed E-state index contributed by atoms with van der Waals surface area (Å²) in [5.41, 5.74) is 1.69. The molecule has 27 heavy (non-hydrogen) atoms. The third-order valence-corrected chi connectivity index (χ3v) is 7.47. The third-order valence-electron chi connectivity index (χ3n) is 5.28. The molecule has 1 aliphatic rings. The zero-order valence-electron chi connectivity index (χ0n) is 16.0. The molecule has 5 nitrogen and oxygen atoms in total. The van der Waals surface area contributed by atoms with E-state index in [1.807, 2.05) is 44.2 Å². The molecular formula is C21H26N2O3S. The summed E-state index contributed by atoms with van der Waals surface area (Å²) in [7, 11) is -3.58. The Balaban J connectivity index is 1.88. The Hall–Kier alpha value is -2.18. The van der Waals surface area contributed by atoms with Gasteiger partial charge in [-0.3, -0.25) is 4.79 Å². The quantitative estimate of drug-likeness (QED) is 0.789. The Morgan fingerprint density at radius 3 is 2.26 bits per heavy atom. The van der Waals surface area contributed by atoms with Crippen LogP contribution in [0.1, 0.15) is 37.8 Å². The summed E-state index contributed by atoms with van der Waals surface area (Å²) in [6.45, 7) is 6.23. The van der Waals surface area contributed by atoms with Crippen LogP contribution in [0.25, 0.3) is 0 Å². The molecular weight excluding hydrogens is 360 g/mol. The van der Waals surface area contributed by atoms with Crippen LogP contribution < -0.4 is 5.32 Å². The van der Waals surface area contributed by atoms with Crippen molar-refractivity contribution in [3.8, 4) is 0 Å². The fourth-order valence-corrected chi connectivity index (χ4v) is 5.15. The smallest absolute Gasteiger partial charge is 0.243 e. The summed E-state index contributed by atoms with van der Waals surface area (Å²) in [5.74, 6) is -0.0799. The molecule has 1 fully saturated rings. The lowest BCUT2D eigenvalue weighted by Crippen LogP contribution is -2.31. The fraction of sp³-hybridized carbons (Fsp3) is 0.381. The van der Waals surface area contributed by atoms with Gasteiger partial charge in [-0.2, -0.15) is 4.31 Å². The molecule has 6 heteroatoms. The highest BCUT2D eigenvalue weighted by molar-refractivity contribution is 7.89. The van der Waals surface area contributed by atoms with E-state index >= 15 is 0 Å². The lowest BCUT2D eigenvalue weighted by molar-refractivity contribution is -0.118. The number of hydrogen-bond donors (Lipinski definition) is 1. The number of nitrogens with one attached hydrogen (secondary N) is 1. The third kappa shape index (κ3) is 3.64. The second kappa shape index (κ2) is 7.44. The van der Waals surface area contributed by atoms with E-state index in [4.69, 9.17) is 0 Å². The molecule has 1 aliphatic carbocycles. The van der Waals surface area contributed by atoms with Crippen molar-refractivity contribution in [2.75, 3.05) is 18.4 Å². The number of carbonyl (C=O) groups excluding carboxylic acids is 1. The fourth-order valence-electron chi connectivity index (χ4n) is 3.44. The number of sulfonamides is 1. The highest BCUT2D eigenvalue weighted by Crippen LogP contribution is 2.49. The molecule has 0 bridgehead atoms. The molecule has 3 rings (SSSR count). The largest absolute Gasteiger partial charge is 0.325 e. The van der Waals surface area contributed by atoms with Gasteiger partial charge in [0.1, 0.15) is 0 Å². The molecule has 0 aromatic heterocycles. The van der Waals surface area contributed by atoms with E-state index in [-0.39, 0.29) is 10.8 Å². The molecule has 0 heterocycles. The number of carbonyl (C=O) groups is 1. The van der Waals surface area contributed by atoms with Gasteiger partial charge >= 0.3 is 0 Å². The van der Waals surface area contributed by atoms with Crippen molar-refractivity contribution in [3.63, 3.8) is 0 Å². The second-order valence-corrected chi connectivity index (χ2v) is 8.88. The van der Waals surface area contributed by atoms with Crippen molar-refractivity contribution in [3.05, 3.63) is 59.7 Å². The summed E-state index contributed by atoms with van der Waals surface area (Å²) in [5, 5.41) is 2.94. The van der Waals surface area contributed by atoms with Gasteiger partial charge in [-0.25, -0.2) is 8.42 Å². The van der Waals surface area contributed by atoms with Crippen molar-refractivity contribution in [1.29, 1.82) is 0 Å². The van der Waals surface area contributed by atoms with Crippen molar-refractivity contribution >= 4 is 21.6 Å². The molecule has 1 saturated carbocycles. The zero-order valence-corrected chi connectivity index (χ0v) is 16.8. The molecule has 0 unspecified atom stereocenters. The van der Waals surface area contributed by atoms with Gasteiger partial charge in [-0.05, 0) is 43.0 Å². The van der Waals surface area contributed by atoms with E-state index < -0.39 is 15.4 Å². The summed E-state index contributed by atoms with van der Waals surface area (Å²) >= 11 is 0. The van der Waals surface area contributed by atoms with E-state index in [1.165, 1.54) is 4.31 Å². The normalized spacial score (nSPS) is 15.6. The number of nitrogens with zero attached hydrogens (tertiary/aromatic N) is 1. The molecule has 0 spiro atoms. The molecule has 0 saturated heterocycles. The van der Waals surface area contributed by atoms with Crippen LogP contribution in [0.2, 0.25) is 0 Å². The van der Waals surface area contributed by atoms with Gasteiger partial charge in [0.2, 0.25) is 15.9 Å². The zero-order chi connectivity index (χ0) is 19.7. The Bertz CT molecular complexity index is 931. The SMILES string of the molecule is CCN(CC)S(=O)(=O)c1cc(NC(=O)C2(c3ccccc3)CC2)ccc1C. The maximum absolute atomic E-state index is 12.9. The first-order valence-corrected chi connectivity index (χ1v) is 10.8. The first-order valence-electron chi connectivity index (χ1n) is 9.33. The average molecular weight is 387 g/mol. The predicted octanol–water partition coefficient (Wildman–Crippen LogP) is 3.70. The van der Waals surface area contributed by atoms with Crippen LogP contribution in [0.5, 0.6) is 0 Å². The molecule has 1 amide bonds. The molecule has 1 N–H and O–H groups in total. The lowest BCUT2D eigenvalue weighted by atomic mass is 9.95. The molecule has 0 atom stereocenters. The van der Waals surface area contributed by atoms with Crippen molar-refractivity contribution in [2.24, 2.45) is 0 Å². The summed E-state index contributed by atoms with van der Waals surface area (Å²) < 4.78 is 27.2. The summed E-state index contributed by atoms with van der Waals surface area (Å²) in [6, 6.07) is 14.8. The van der Waals surface area contributed by atoms with Crippen LogP contribution >= 0.6 is 0 Å². The van der Waals surface area contributed by atoms with E-state index in [9.17, 15) is 13.2 Å². The number of amides is 1. The number of aryl methyl sites for hydroxylation is 1. The van der Waals surface area contributed by atoms with Gasteiger partial charge in [-0.1, -0.05) is 50.2 Å². The number of rotatable bonds is 7. The number of hydrogen-bond acceptors (Lipinski definition) is 3. The minimum absolute atomic E-state index is 0.0799. The van der Waals surface area contributed by atoms with Crippen LogP contribution in [0.15, 0.2) is 53.4 Å². The van der Waals surface area contributed by atoms with Gasteiger partial charge in [0, 0.05) is 18.8 Å². The Morgan fingerprint density at radius 1 is 1.07 bits per heavy atom. The number of anilines is 1. The van der Waals surface area contributed by atoms with E-state index in [0.717, 1.165) is 18.4 Å². The summed E-state index contributed by atoms with van der Waals surface area (Å²) in [4.78, 5) is 13.2. The van der Waals surface area contributed by atoms with Gasteiger partial charge < -0.3 is 5.32 Å². The second-order valence-electron chi connectivity index (χ2n) is 6.97. The highest BCUT2D eigenvalue weighted by atomic mass is 32.2. The van der Waals surface area contributed by atoms with Gasteiger partial charge in [0.05, 0.1) is 10.3 Å². The van der Waals surface area contributed by atoms with Crippen LogP contribution in [0.4, 0.5) is 5.69 Å². The lowest BCUT2D eigenvalue weighted by Gasteiger charge is -2.21. The first kappa shape index (κ1) is 19.6. The van der Waals surface area contributed by atoms with Gasteiger partial charge in [-0.15, -0.1) is 0 Å². The minimum Gasteiger partial charge on any atom is -0.325 e. The maximum atomic E-state index is 12.9. The Labute approximate surface area is 161 Å². The Morgan fingerprint density at radius 2 is 1.70 bits per heavy atom. The van der Waals surface area contributed by atoms with Crippen molar-refractivity contribution < 1.29 is 13.2 Å². The minimum atomic E-state index is -3.58. The van der Waals surface area contributed by atoms with Crippen molar-refractivity contribution in [2.45, 2.75) is 43.9 Å². The molecule has 2 aromatic rings. The highest BCUT2D eigenvalue weighted by Gasteiger charge is 2.51. The van der Waals surface area contributed by atoms with E-state index in [2.05, 4.69) is 5.32 Å². The maximum Gasteiger partial charge on any atom is 0.243 e. The molecule has 144 valence electrons. The standard InChI is InChI=1S/C21H26N2O3S/c1-4-23(5-2)27(25,26)19-15-18(12-11-16(19)3)22-20(24)21(13-14-21)17-9-7-6-8-10-17/h6-12,15H,4-5,13-14H2,1-3H3,(H,22,24). The van der Waals surface area contributed by atoms with E-state index in [0.29, 0.717) is 24.3 Å². The van der Waals surface area contributed by atoms with Gasteiger partial charge in [0.25, 0.3) is 0 Å². The van der Waals surface area contributed by atoms with Crippen LogP contribution in [0.3, 0.4) is 0 Å². The van der Waals surface area contributed by atoms with Crippen LogP contribution in [0, 0.1) is 6.92 Å². The van der Waals surface area contributed by atoms with Gasteiger partial charge in [0.15, 0.2) is 0 Å². The molecule has 0 radical (unpaired) electrons. The average Bonchev–Trinajstić information content (AvgIpc) is 3.47. The van der Waals surface area contributed by atoms with Crippen molar-refractivity contribution in [1.82, 2.24) is 4.31 Å². The summed E-state index contributed by atoms with van der Waals surface area (Å²) in [6.07, 6.45) is 1.61. The first-order chi connectivity index (χ1) is 12.8. The molecule has 2 aromatic carbocycles.